The van der Waals surface area contributed by atoms with Crippen LogP contribution in [0.3, 0.4) is 0 Å². The molecule has 3 heteroatoms. The van der Waals surface area contributed by atoms with Crippen LogP contribution in [-0.4, -0.2) is 48.8 Å². The molecule has 1 aliphatic rings. The highest BCUT2D eigenvalue weighted by Crippen LogP contribution is 2.15. The lowest BCUT2D eigenvalue weighted by atomic mass is 9.99. The second-order valence-corrected chi connectivity index (χ2v) is 5.17. The third-order valence-corrected chi connectivity index (χ3v) is 3.38. The molecule has 0 saturated carbocycles. The molecule has 0 aromatic rings. The Labute approximate surface area is 100 Å². The molecule has 96 valence electrons. The van der Waals surface area contributed by atoms with Crippen molar-refractivity contribution in [3.05, 3.63) is 0 Å². The van der Waals surface area contributed by atoms with Crippen molar-refractivity contribution in [2.45, 2.75) is 45.6 Å². The van der Waals surface area contributed by atoms with Gasteiger partial charge in [0, 0.05) is 25.7 Å². The standard InChI is InChI=1S/C13H28N2O/c1-3-7-14-13(6-9-16)11-15-8-4-5-12(2)10-15/h12-14,16H,3-11H2,1-2H3. The fourth-order valence-corrected chi connectivity index (χ4v) is 2.53. The fourth-order valence-electron chi connectivity index (χ4n) is 2.53. The molecule has 16 heavy (non-hydrogen) atoms. The molecule has 3 nitrogen and oxygen atoms in total. The quantitative estimate of drug-likeness (QED) is 0.692. The van der Waals surface area contributed by atoms with Gasteiger partial charge in [0.05, 0.1) is 0 Å². The normalized spacial score (nSPS) is 24.6. The van der Waals surface area contributed by atoms with Crippen molar-refractivity contribution in [3.63, 3.8) is 0 Å². The Kier molecular flexibility index (Phi) is 7.01. The van der Waals surface area contributed by atoms with Crippen LogP contribution in [0.4, 0.5) is 0 Å². The lowest BCUT2D eigenvalue weighted by Crippen LogP contribution is -2.45. The van der Waals surface area contributed by atoms with Crippen LogP contribution < -0.4 is 5.32 Å². The first kappa shape index (κ1) is 13.9. The van der Waals surface area contributed by atoms with E-state index >= 15 is 0 Å². The van der Waals surface area contributed by atoms with Gasteiger partial charge in [-0.2, -0.15) is 0 Å². The first-order chi connectivity index (χ1) is 7.76. The summed E-state index contributed by atoms with van der Waals surface area (Å²) in [5.74, 6) is 0.842. The molecule has 1 rings (SSSR count). The van der Waals surface area contributed by atoms with Crippen LogP contribution in [0.5, 0.6) is 0 Å². The number of nitrogens with one attached hydrogen (secondary N) is 1. The maximum absolute atomic E-state index is 9.06. The summed E-state index contributed by atoms with van der Waals surface area (Å²) in [7, 11) is 0. The molecule has 2 atom stereocenters. The van der Waals surface area contributed by atoms with Gasteiger partial charge < -0.3 is 15.3 Å². The molecule has 0 bridgehead atoms. The van der Waals surface area contributed by atoms with Crippen molar-refractivity contribution in [2.24, 2.45) is 5.92 Å². The minimum atomic E-state index is 0.296. The summed E-state index contributed by atoms with van der Waals surface area (Å²) in [6.07, 6.45) is 4.76. The first-order valence-corrected chi connectivity index (χ1v) is 6.82. The van der Waals surface area contributed by atoms with Crippen LogP contribution in [0.15, 0.2) is 0 Å². The Morgan fingerprint density at radius 3 is 2.94 bits per heavy atom. The minimum Gasteiger partial charge on any atom is -0.396 e. The van der Waals surface area contributed by atoms with Crippen molar-refractivity contribution >= 4 is 0 Å². The lowest BCUT2D eigenvalue weighted by Gasteiger charge is -2.33. The van der Waals surface area contributed by atoms with Gasteiger partial charge in [0.15, 0.2) is 0 Å². The van der Waals surface area contributed by atoms with Gasteiger partial charge in [-0.05, 0) is 44.7 Å². The Bertz CT molecular complexity index is 175. The summed E-state index contributed by atoms with van der Waals surface area (Å²) in [6, 6.07) is 0.468. The zero-order chi connectivity index (χ0) is 11.8. The summed E-state index contributed by atoms with van der Waals surface area (Å²) in [5, 5.41) is 12.6. The zero-order valence-electron chi connectivity index (χ0n) is 10.9. The van der Waals surface area contributed by atoms with E-state index in [0.717, 1.165) is 25.4 Å². The summed E-state index contributed by atoms with van der Waals surface area (Å²) in [6.45, 7) is 9.46. The van der Waals surface area contributed by atoms with E-state index < -0.39 is 0 Å². The Hall–Kier alpha value is -0.120. The van der Waals surface area contributed by atoms with Crippen LogP contribution in [0, 0.1) is 5.92 Å². The lowest BCUT2D eigenvalue weighted by molar-refractivity contribution is 0.155. The van der Waals surface area contributed by atoms with Gasteiger partial charge in [0.1, 0.15) is 0 Å². The van der Waals surface area contributed by atoms with Gasteiger partial charge in [-0.25, -0.2) is 0 Å². The van der Waals surface area contributed by atoms with E-state index in [1.807, 2.05) is 0 Å². The number of aliphatic hydroxyl groups excluding tert-OH is 1. The third-order valence-electron chi connectivity index (χ3n) is 3.38. The predicted molar refractivity (Wildman–Crippen MR) is 68.6 cm³/mol. The summed E-state index contributed by atoms with van der Waals surface area (Å²) in [5.41, 5.74) is 0. The third kappa shape index (κ3) is 5.28. The highest BCUT2D eigenvalue weighted by Gasteiger charge is 2.19. The molecule has 0 aliphatic carbocycles. The van der Waals surface area contributed by atoms with E-state index in [-0.39, 0.29) is 0 Å². The second kappa shape index (κ2) is 8.04. The fraction of sp³-hybridized carbons (Fsp3) is 1.00. The van der Waals surface area contributed by atoms with Gasteiger partial charge in [-0.1, -0.05) is 13.8 Å². The van der Waals surface area contributed by atoms with Crippen molar-refractivity contribution in [1.82, 2.24) is 10.2 Å². The zero-order valence-corrected chi connectivity index (χ0v) is 10.9. The number of hydrogen-bond acceptors (Lipinski definition) is 3. The topological polar surface area (TPSA) is 35.5 Å². The molecule has 0 radical (unpaired) electrons. The number of likely N-dealkylation sites (tertiary alicyclic amines) is 1. The predicted octanol–water partition coefficient (Wildman–Crippen LogP) is 1.47. The number of piperidine rings is 1. The second-order valence-electron chi connectivity index (χ2n) is 5.17. The molecule has 2 N–H and O–H groups in total. The maximum atomic E-state index is 9.06. The average molecular weight is 228 g/mol. The number of aliphatic hydroxyl groups is 1. The smallest absolute Gasteiger partial charge is 0.0446 e. The molecule has 1 aliphatic heterocycles. The number of hydrogen-bond donors (Lipinski definition) is 2. The largest absolute Gasteiger partial charge is 0.396 e. The molecule has 1 heterocycles. The highest BCUT2D eigenvalue weighted by molar-refractivity contribution is 4.76. The van der Waals surface area contributed by atoms with E-state index in [1.54, 1.807) is 0 Å². The van der Waals surface area contributed by atoms with Crippen LogP contribution in [0.25, 0.3) is 0 Å². The van der Waals surface area contributed by atoms with Crippen LogP contribution in [0.2, 0.25) is 0 Å². The van der Waals surface area contributed by atoms with Gasteiger partial charge in [0.25, 0.3) is 0 Å². The van der Waals surface area contributed by atoms with Crippen LogP contribution in [-0.2, 0) is 0 Å². The Morgan fingerprint density at radius 1 is 1.50 bits per heavy atom. The van der Waals surface area contributed by atoms with Gasteiger partial charge in [-0.15, -0.1) is 0 Å². The monoisotopic (exact) mass is 228 g/mol. The van der Waals surface area contributed by atoms with Crippen molar-refractivity contribution in [2.75, 3.05) is 32.8 Å². The molecule has 0 amide bonds. The molecule has 1 saturated heterocycles. The van der Waals surface area contributed by atoms with Crippen molar-refractivity contribution in [1.29, 1.82) is 0 Å². The molecular formula is C13H28N2O. The SMILES string of the molecule is CCCNC(CCO)CN1CCCC(C)C1. The Morgan fingerprint density at radius 2 is 2.31 bits per heavy atom. The number of rotatable bonds is 7. The van der Waals surface area contributed by atoms with E-state index in [0.29, 0.717) is 12.6 Å². The van der Waals surface area contributed by atoms with E-state index in [4.69, 9.17) is 5.11 Å². The van der Waals surface area contributed by atoms with Crippen molar-refractivity contribution < 1.29 is 5.11 Å². The summed E-state index contributed by atoms with van der Waals surface area (Å²) >= 11 is 0. The Balaban J connectivity index is 2.28. The van der Waals surface area contributed by atoms with Crippen LogP contribution in [0.1, 0.15) is 39.5 Å². The van der Waals surface area contributed by atoms with E-state index in [2.05, 4.69) is 24.1 Å². The van der Waals surface area contributed by atoms with Crippen molar-refractivity contribution in [3.8, 4) is 0 Å². The summed E-state index contributed by atoms with van der Waals surface area (Å²) in [4.78, 5) is 2.55. The number of nitrogens with zero attached hydrogens (tertiary/aromatic N) is 1. The average Bonchev–Trinajstić information content (AvgIpc) is 2.26. The van der Waals surface area contributed by atoms with E-state index in [1.165, 1.54) is 32.4 Å². The van der Waals surface area contributed by atoms with Gasteiger partial charge in [0.2, 0.25) is 0 Å². The molecule has 0 aromatic carbocycles. The molecule has 1 fully saturated rings. The summed E-state index contributed by atoms with van der Waals surface area (Å²) < 4.78 is 0. The first-order valence-electron chi connectivity index (χ1n) is 6.82. The molecule has 0 aromatic heterocycles. The minimum absolute atomic E-state index is 0.296. The van der Waals surface area contributed by atoms with Gasteiger partial charge in [-0.3, -0.25) is 0 Å². The highest BCUT2D eigenvalue weighted by atomic mass is 16.3. The van der Waals surface area contributed by atoms with Gasteiger partial charge >= 0.3 is 0 Å². The molecule has 2 unspecified atom stereocenters. The molecule has 0 spiro atoms. The van der Waals surface area contributed by atoms with Crippen LogP contribution >= 0.6 is 0 Å². The molecular weight excluding hydrogens is 200 g/mol. The van der Waals surface area contributed by atoms with E-state index in [9.17, 15) is 0 Å². The maximum Gasteiger partial charge on any atom is 0.0446 e.